The molecule has 2 rings (SSSR count). The van der Waals surface area contributed by atoms with Crippen LogP contribution in [0.25, 0.3) is 6.08 Å². The third-order valence-electron chi connectivity index (χ3n) is 2.54. The lowest BCUT2D eigenvalue weighted by Crippen LogP contribution is -2.31. The summed E-state index contributed by atoms with van der Waals surface area (Å²) in [5.74, 6) is 0. The molecule has 2 heterocycles. The number of thiophene rings is 1. The minimum atomic E-state index is 0.494. The van der Waals surface area contributed by atoms with Crippen LogP contribution in [0.1, 0.15) is 24.8 Å². The van der Waals surface area contributed by atoms with Gasteiger partial charge in [0.2, 0.25) is 0 Å². The largest absolute Gasteiger partial charge is 0.311 e. The molecule has 82 valence electrons. The molecule has 0 bridgehead atoms. The first-order chi connectivity index (χ1) is 7.25. The zero-order valence-corrected chi connectivity index (χ0v) is 10.6. The lowest BCUT2D eigenvalue weighted by atomic mass is 10.0. The van der Waals surface area contributed by atoms with E-state index in [-0.39, 0.29) is 0 Å². The summed E-state index contributed by atoms with van der Waals surface area (Å²) in [6.45, 7) is 1.12. The highest BCUT2D eigenvalue weighted by atomic mass is 35.5. The lowest BCUT2D eigenvalue weighted by Gasteiger charge is -2.19. The molecule has 1 unspecified atom stereocenters. The second-order valence-electron chi connectivity index (χ2n) is 3.70. The fourth-order valence-electron chi connectivity index (χ4n) is 1.73. The maximum atomic E-state index is 6.03. The van der Waals surface area contributed by atoms with Crippen molar-refractivity contribution in [1.82, 2.24) is 5.32 Å². The molecule has 1 N–H and O–H groups in total. The molecule has 1 nitrogen and oxygen atoms in total. The van der Waals surface area contributed by atoms with Gasteiger partial charge in [0.1, 0.15) is 4.34 Å². The minimum Gasteiger partial charge on any atom is -0.311 e. The van der Waals surface area contributed by atoms with Crippen molar-refractivity contribution < 1.29 is 0 Å². The quantitative estimate of drug-likeness (QED) is 0.841. The van der Waals surface area contributed by atoms with Crippen LogP contribution in [0.5, 0.6) is 0 Å². The van der Waals surface area contributed by atoms with Gasteiger partial charge in [-0.3, -0.25) is 0 Å². The average molecular weight is 262 g/mol. The van der Waals surface area contributed by atoms with E-state index in [1.807, 2.05) is 6.07 Å². The van der Waals surface area contributed by atoms with Crippen molar-refractivity contribution in [3.05, 3.63) is 26.4 Å². The van der Waals surface area contributed by atoms with Gasteiger partial charge in [-0.15, -0.1) is 11.3 Å². The van der Waals surface area contributed by atoms with E-state index >= 15 is 0 Å². The monoisotopic (exact) mass is 261 g/mol. The molecule has 1 aliphatic heterocycles. The first-order valence-corrected chi connectivity index (χ1v) is 6.69. The Bertz CT molecular complexity index is 353. The highest BCUT2D eigenvalue weighted by molar-refractivity contribution is 7.20. The maximum Gasteiger partial charge on any atom is 0.102 e. The van der Waals surface area contributed by atoms with Gasteiger partial charge < -0.3 is 5.32 Å². The Hall–Kier alpha value is -0.0200. The molecule has 1 aromatic rings. The van der Waals surface area contributed by atoms with Crippen LogP contribution in [-0.4, -0.2) is 12.6 Å². The zero-order chi connectivity index (χ0) is 10.7. The lowest BCUT2D eigenvalue weighted by molar-refractivity contribution is 0.455. The number of halogens is 2. The number of hydrogen-bond donors (Lipinski definition) is 1. The third kappa shape index (κ3) is 3.22. The van der Waals surface area contributed by atoms with Gasteiger partial charge in [-0.25, -0.2) is 0 Å². The van der Waals surface area contributed by atoms with Gasteiger partial charge >= 0.3 is 0 Å². The van der Waals surface area contributed by atoms with Crippen LogP contribution >= 0.6 is 34.5 Å². The van der Waals surface area contributed by atoms with Crippen molar-refractivity contribution in [2.24, 2.45) is 0 Å². The van der Waals surface area contributed by atoms with E-state index in [9.17, 15) is 0 Å². The van der Waals surface area contributed by atoms with Gasteiger partial charge in [0.15, 0.2) is 0 Å². The SMILES string of the molecule is Clc1cc(/C=C/C2CCCCN2)c(Cl)s1. The van der Waals surface area contributed by atoms with Crippen molar-refractivity contribution in [3.63, 3.8) is 0 Å². The molecule has 0 aliphatic carbocycles. The van der Waals surface area contributed by atoms with Crippen molar-refractivity contribution in [2.45, 2.75) is 25.3 Å². The first-order valence-electron chi connectivity index (χ1n) is 5.12. The molecule has 1 saturated heterocycles. The van der Waals surface area contributed by atoms with E-state index in [1.165, 1.54) is 30.6 Å². The smallest absolute Gasteiger partial charge is 0.102 e. The summed E-state index contributed by atoms with van der Waals surface area (Å²) in [6.07, 6.45) is 8.05. The van der Waals surface area contributed by atoms with E-state index in [4.69, 9.17) is 23.2 Å². The number of hydrogen-bond acceptors (Lipinski definition) is 2. The summed E-state index contributed by atoms with van der Waals surface area (Å²) in [5, 5.41) is 3.46. The van der Waals surface area contributed by atoms with E-state index in [1.54, 1.807) is 0 Å². The Morgan fingerprint density at radius 1 is 1.40 bits per heavy atom. The van der Waals surface area contributed by atoms with Gasteiger partial charge in [0.25, 0.3) is 0 Å². The molecule has 0 radical (unpaired) electrons. The van der Waals surface area contributed by atoms with Gasteiger partial charge in [-0.2, -0.15) is 0 Å². The standard InChI is InChI=1S/C11H13Cl2NS/c12-10-7-8(11(13)15-10)4-5-9-3-1-2-6-14-9/h4-5,7,9,14H,1-3,6H2/b5-4+. The van der Waals surface area contributed by atoms with Gasteiger partial charge in [-0.05, 0) is 25.5 Å². The van der Waals surface area contributed by atoms with Crippen LogP contribution in [0.3, 0.4) is 0 Å². The van der Waals surface area contributed by atoms with Gasteiger partial charge in [0.05, 0.1) is 4.34 Å². The number of nitrogens with one attached hydrogen (secondary N) is 1. The van der Waals surface area contributed by atoms with Crippen molar-refractivity contribution in [3.8, 4) is 0 Å². The Kier molecular flexibility index (Phi) is 4.09. The summed E-state index contributed by atoms with van der Waals surface area (Å²) >= 11 is 13.3. The molecule has 0 saturated carbocycles. The molecule has 15 heavy (non-hydrogen) atoms. The summed E-state index contributed by atoms with van der Waals surface area (Å²) in [7, 11) is 0. The van der Waals surface area contributed by atoms with Crippen molar-refractivity contribution in [1.29, 1.82) is 0 Å². The summed E-state index contributed by atoms with van der Waals surface area (Å²) in [6, 6.07) is 2.40. The van der Waals surface area contributed by atoms with Crippen LogP contribution in [0.15, 0.2) is 12.1 Å². The molecule has 1 fully saturated rings. The highest BCUT2D eigenvalue weighted by Gasteiger charge is 2.09. The third-order valence-corrected chi connectivity index (χ3v) is 4.06. The maximum absolute atomic E-state index is 6.03. The normalized spacial score (nSPS) is 22.4. The summed E-state index contributed by atoms with van der Waals surface area (Å²) in [4.78, 5) is 0. The second-order valence-corrected chi connectivity index (χ2v) is 5.98. The van der Waals surface area contributed by atoms with Crippen LogP contribution in [-0.2, 0) is 0 Å². The average Bonchev–Trinajstić information content (AvgIpc) is 2.56. The van der Waals surface area contributed by atoms with Gasteiger partial charge in [0, 0.05) is 11.6 Å². The molecule has 0 aromatic carbocycles. The van der Waals surface area contributed by atoms with E-state index in [0.29, 0.717) is 6.04 Å². The van der Waals surface area contributed by atoms with Crippen LogP contribution in [0.2, 0.25) is 8.67 Å². The fraction of sp³-hybridized carbons (Fsp3) is 0.455. The molecular formula is C11H13Cl2NS. The van der Waals surface area contributed by atoms with E-state index in [0.717, 1.165) is 20.8 Å². The van der Waals surface area contributed by atoms with E-state index in [2.05, 4.69) is 17.5 Å². The number of rotatable bonds is 2. The van der Waals surface area contributed by atoms with Crippen molar-refractivity contribution in [2.75, 3.05) is 6.54 Å². The topological polar surface area (TPSA) is 12.0 Å². The highest BCUT2D eigenvalue weighted by Crippen LogP contribution is 2.32. The summed E-state index contributed by atoms with van der Waals surface area (Å²) in [5.41, 5.74) is 1.03. The molecule has 1 aliphatic rings. The Labute approximate surface area is 104 Å². The minimum absolute atomic E-state index is 0.494. The Balaban J connectivity index is 2.00. The molecule has 4 heteroatoms. The predicted octanol–water partition coefficient (Wildman–Crippen LogP) is 4.21. The molecule has 1 atom stereocenters. The molecule has 0 amide bonds. The second kappa shape index (κ2) is 5.35. The van der Waals surface area contributed by atoms with Crippen LogP contribution in [0, 0.1) is 0 Å². The first kappa shape index (κ1) is 11.5. The van der Waals surface area contributed by atoms with Gasteiger partial charge in [-0.1, -0.05) is 41.8 Å². The zero-order valence-electron chi connectivity index (χ0n) is 8.30. The van der Waals surface area contributed by atoms with E-state index < -0.39 is 0 Å². The van der Waals surface area contributed by atoms with Crippen molar-refractivity contribution >= 4 is 40.6 Å². The van der Waals surface area contributed by atoms with Crippen LogP contribution < -0.4 is 5.32 Å². The Morgan fingerprint density at radius 3 is 2.87 bits per heavy atom. The Morgan fingerprint density at radius 2 is 2.27 bits per heavy atom. The summed E-state index contributed by atoms with van der Waals surface area (Å²) < 4.78 is 1.52. The molecule has 1 aromatic heterocycles. The fourth-order valence-corrected chi connectivity index (χ4v) is 3.17. The van der Waals surface area contributed by atoms with Crippen LogP contribution in [0.4, 0.5) is 0 Å². The molecular weight excluding hydrogens is 249 g/mol. The molecule has 0 spiro atoms. The predicted molar refractivity (Wildman–Crippen MR) is 69.0 cm³/mol. The number of piperidine rings is 1.